The van der Waals surface area contributed by atoms with Crippen molar-refractivity contribution >= 4 is 0 Å². The summed E-state index contributed by atoms with van der Waals surface area (Å²) in [7, 11) is 2.00. The fraction of sp³-hybridized carbons (Fsp3) is 0.625. The highest BCUT2D eigenvalue weighted by molar-refractivity contribution is 5.34. The van der Waals surface area contributed by atoms with Crippen molar-refractivity contribution in [2.24, 2.45) is 0 Å². The van der Waals surface area contributed by atoms with Gasteiger partial charge in [0.1, 0.15) is 0 Å². The molecule has 0 heterocycles. The first-order valence-corrected chi connectivity index (χ1v) is 6.90. The van der Waals surface area contributed by atoms with Gasteiger partial charge in [-0.3, -0.25) is 0 Å². The largest absolute Gasteiger partial charge is 0.320 e. The molecular formula is C16H28N2. The smallest absolute Gasteiger partial charge is 0.0208 e. The number of benzene rings is 1. The molecule has 1 aromatic carbocycles. The van der Waals surface area contributed by atoms with Gasteiger partial charge in [-0.05, 0) is 55.6 Å². The van der Waals surface area contributed by atoms with Gasteiger partial charge in [0.05, 0.1) is 0 Å². The highest BCUT2D eigenvalue weighted by Crippen LogP contribution is 2.24. The summed E-state index contributed by atoms with van der Waals surface area (Å²) in [4.78, 5) is 0. The molecule has 0 aliphatic heterocycles. The first-order valence-electron chi connectivity index (χ1n) is 6.90. The van der Waals surface area contributed by atoms with Crippen LogP contribution in [0.15, 0.2) is 18.2 Å². The van der Waals surface area contributed by atoms with Crippen molar-refractivity contribution < 1.29 is 0 Å². The lowest BCUT2D eigenvalue weighted by molar-refractivity contribution is 0.586. The van der Waals surface area contributed by atoms with E-state index in [1.165, 1.54) is 23.1 Å². The van der Waals surface area contributed by atoms with E-state index in [0.29, 0.717) is 0 Å². The van der Waals surface area contributed by atoms with Gasteiger partial charge in [0, 0.05) is 6.54 Å². The van der Waals surface area contributed by atoms with Gasteiger partial charge in [-0.2, -0.15) is 0 Å². The van der Waals surface area contributed by atoms with Gasteiger partial charge in [-0.1, -0.05) is 39.0 Å². The molecule has 18 heavy (non-hydrogen) atoms. The third-order valence-corrected chi connectivity index (χ3v) is 3.31. The van der Waals surface area contributed by atoms with Crippen LogP contribution in [0.5, 0.6) is 0 Å². The zero-order chi connectivity index (χ0) is 13.6. The monoisotopic (exact) mass is 248 g/mol. The quantitative estimate of drug-likeness (QED) is 0.756. The maximum atomic E-state index is 3.52. The Morgan fingerprint density at radius 1 is 1.11 bits per heavy atom. The number of rotatable bonds is 6. The summed E-state index contributed by atoms with van der Waals surface area (Å²) in [5, 5.41) is 6.68. The van der Waals surface area contributed by atoms with E-state index in [1.54, 1.807) is 0 Å². The molecule has 0 aliphatic carbocycles. The number of hydrogen-bond donors (Lipinski definition) is 2. The highest BCUT2D eigenvalue weighted by atomic mass is 14.9. The Bertz CT molecular complexity index is 364. The van der Waals surface area contributed by atoms with Crippen LogP contribution < -0.4 is 10.6 Å². The van der Waals surface area contributed by atoms with Crippen LogP contribution in [0.3, 0.4) is 0 Å². The van der Waals surface area contributed by atoms with Gasteiger partial charge in [-0.15, -0.1) is 0 Å². The minimum absolute atomic E-state index is 0.231. The molecule has 2 N–H and O–H groups in total. The minimum atomic E-state index is 0.231. The molecule has 0 amide bonds. The van der Waals surface area contributed by atoms with Crippen molar-refractivity contribution in [3.63, 3.8) is 0 Å². The van der Waals surface area contributed by atoms with Crippen molar-refractivity contribution in [2.45, 2.75) is 46.1 Å². The Labute approximate surface area is 112 Å². The zero-order valence-corrected chi connectivity index (χ0v) is 12.6. The van der Waals surface area contributed by atoms with Crippen LogP contribution in [0.1, 0.15) is 43.9 Å². The number of aryl methyl sites for hydroxylation is 1. The van der Waals surface area contributed by atoms with Gasteiger partial charge in [0.15, 0.2) is 0 Å². The Kier molecular flexibility index (Phi) is 5.83. The molecule has 2 heteroatoms. The average molecular weight is 248 g/mol. The standard InChI is InChI=1S/C16H28N2/c1-13-7-8-15(16(2,3)4)11-14(13)12-18-10-6-9-17-5/h7-8,11,17-18H,6,9-10,12H2,1-5H3. The topological polar surface area (TPSA) is 24.1 Å². The van der Waals surface area contributed by atoms with Crippen molar-refractivity contribution in [3.05, 3.63) is 34.9 Å². The van der Waals surface area contributed by atoms with Crippen molar-refractivity contribution in [2.75, 3.05) is 20.1 Å². The predicted octanol–water partition coefficient (Wildman–Crippen LogP) is 2.99. The molecule has 0 spiro atoms. The van der Waals surface area contributed by atoms with Crippen LogP contribution in [0, 0.1) is 6.92 Å². The third-order valence-electron chi connectivity index (χ3n) is 3.31. The van der Waals surface area contributed by atoms with Gasteiger partial charge in [-0.25, -0.2) is 0 Å². The highest BCUT2D eigenvalue weighted by Gasteiger charge is 2.14. The van der Waals surface area contributed by atoms with E-state index in [2.05, 4.69) is 56.5 Å². The van der Waals surface area contributed by atoms with Crippen molar-refractivity contribution in [1.82, 2.24) is 10.6 Å². The van der Waals surface area contributed by atoms with Crippen LogP contribution in [0.25, 0.3) is 0 Å². The fourth-order valence-electron chi connectivity index (χ4n) is 1.94. The van der Waals surface area contributed by atoms with Gasteiger partial charge in [0.2, 0.25) is 0 Å². The van der Waals surface area contributed by atoms with E-state index in [4.69, 9.17) is 0 Å². The lowest BCUT2D eigenvalue weighted by Gasteiger charge is -2.21. The van der Waals surface area contributed by atoms with Gasteiger partial charge < -0.3 is 10.6 Å². The summed E-state index contributed by atoms with van der Waals surface area (Å²) in [6.07, 6.45) is 1.18. The number of nitrogens with one attached hydrogen (secondary N) is 2. The second kappa shape index (κ2) is 6.91. The molecule has 0 saturated heterocycles. The average Bonchev–Trinajstić information content (AvgIpc) is 2.29. The van der Waals surface area contributed by atoms with Crippen LogP contribution in [0.2, 0.25) is 0 Å². The SMILES string of the molecule is CNCCCNCc1cc(C(C)(C)C)ccc1C. The number of hydrogen-bond acceptors (Lipinski definition) is 2. The molecule has 0 radical (unpaired) electrons. The Hall–Kier alpha value is -0.860. The maximum Gasteiger partial charge on any atom is 0.0208 e. The summed E-state index contributed by atoms with van der Waals surface area (Å²) in [5.41, 5.74) is 4.45. The molecule has 0 saturated carbocycles. The lowest BCUT2D eigenvalue weighted by atomic mass is 9.85. The first-order chi connectivity index (χ1) is 8.45. The van der Waals surface area contributed by atoms with E-state index in [0.717, 1.165) is 19.6 Å². The summed E-state index contributed by atoms with van der Waals surface area (Å²) in [6, 6.07) is 6.84. The first kappa shape index (κ1) is 15.2. The molecule has 1 rings (SSSR count). The molecule has 0 fully saturated rings. The lowest BCUT2D eigenvalue weighted by Crippen LogP contribution is -2.20. The normalized spacial score (nSPS) is 11.8. The summed E-state index contributed by atoms with van der Waals surface area (Å²) < 4.78 is 0. The Balaban J connectivity index is 2.59. The molecule has 102 valence electrons. The molecular weight excluding hydrogens is 220 g/mol. The minimum Gasteiger partial charge on any atom is -0.320 e. The fourth-order valence-corrected chi connectivity index (χ4v) is 1.94. The predicted molar refractivity (Wildman–Crippen MR) is 80.1 cm³/mol. The zero-order valence-electron chi connectivity index (χ0n) is 12.6. The van der Waals surface area contributed by atoms with E-state index in [9.17, 15) is 0 Å². The Morgan fingerprint density at radius 2 is 1.83 bits per heavy atom. The van der Waals surface area contributed by atoms with Crippen LogP contribution in [-0.2, 0) is 12.0 Å². The molecule has 1 aromatic rings. The van der Waals surface area contributed by atoms with Gasteiger partial charge in [0.25, 0.3) is 0 Å². The van der Waals surface area contributed by atoms with E-state index in [1.807, 2.05) is 7.05 Å². The summed E-state index contributed by atoms with van der Waals surface area (Å²) >= 11 is 0. The van der Waals surface area contributed by atoms with Crippen molar-refractivity contribution in [3.8, 4) is 0 Å². The van der Waals surface area contributed by atoms with Crippen LogP contribution in [-0.4, -0.2) is 20.1 Å². The molecule has 0 bridgehead atoms. The summed E-state index contributed by atoms with van der Waals surface area (Å²) in [5.74, 6) is 0. The van der Waals surface area contributed by atoms with Crippen LogP contribution >= 0.6 is 0 Å². The molecule has 0 unspecified atom stereocenters. The second-order valence-electron chi connectivity index (χ2n) is 6.03. The third kappa shape index (κ3) is 4.79. The second-order valence-corrected chi connectivity index (χ2v) is 6.03. The Morgan fingerprint density at radius 3 is 2.44 bits per heavy atom. The molecule has 0 aromatic heterocycles. The molecule has 0 atom stereocenters. The molecule has 2 nitrogen and oxygen atoms in total. The molecule has 0 aliphatic rings. The van der Waals surface area contributed by atoms with Gasteiger partial charge >= 0.3 is 0 Å². The van der Waals surface area contributed by atoms with Crippen molar-refractivity contribution in [1.29, 1.82) is 0 Å². The van der Waals surface area contributed by atoms with E-state index < -0.39 is 0 Å². The van der Waals surface area contributed by atoms with E-state index >= 15 is 0 Å². The summed E-state index contributed by atoms with van der Waals surface area (Å²) in [6.45, 7) is 12.1. The van der Waals surface area contributed by atoms with Crippen LogP contribution in [0.4, 0.5) is 0 Å². The van der Waals surface area contributed by atoms with E-state index in [-0.39, 0.29) is 5.41 Å². The maximum absolute atomic E-state index is 3.52.